The summed E-state index contributed by atoms with van der Waals surface area (Å²) in [5, 5.41) is 12.0. The largest absolute Gasteiger partial charge is 0.505 e. The van der Waals surface area contributed by atoms with E-state index in [9.17, 15) is 23.5 Å². The van der Waals surface area contributed by atoms with Crippen LogP contribution in [0.25, 0.3) is 10.2 Å². The van der Waals surface area contributed by atoms with Crippen molar-refractivity contribution in [2.45, 2.75) is 0 Å². The van der Waals surface area contributed by atoms with Crippen LogP contribution in [0.1, 0.15) is 10.4 Å². The second-order valence-electron chi connectivity index (χ2n) is 5.18. The first kappa shape index (κ1) is 16.1. The maximum absolute atomic E-state index is 13.9. The number of carbonyl (C=O) groups excluding carboxylic acids is 1. The molecule has 3 rings (SSSR count). The van der Waals surface area contributed by atoms with E-state index >= 15 is 0 Å². The zero-order chi connectivity index (χ0) is 17.6. The Kier molecular flexibility index (Phi) is 3.84. The highest BCUT2D eigenvalue weighted by molar-refractivity contribution is 7.17. The molecule has 5 nitrogen and oxygen atoms in total. The number of aromatic nitrogens is 1. The minimum atomic E-state index is -0.945. The maximum atomic E-state index is 13.9. The fourth-order valence-corrected chi connectivity index (χ4v) is 3.33. The van der Waals surface area contributed by atoms with Crippen molar-refractivity contribution >= 4 is 33.1 Å². The highest BCUT2D eigenvalue weighted by atomic mass is 32.1. The van der Waals surface area contributed by atoms with Gasteiger partial charge in [-0.05, 0) is 23.6 Å². The van der Waals surface area contributed by atoms with E-state index in [0.717, 1.165) is 17.0 Å². The minimum Gasteiger partial charge on any atom is -0.505 e. The van der Waals surface area contributed by atoms with Crippen molar-refractivity contribution in [3.63, 3.8) is 0 Å². The summed E-state index contributed by atoms with van der Waals surface area (Å²) in [6.07, 6.45) is 0. The number of rotatable bonds is 2. The Morgan fingerprint density at radius 3 is 2.67 bits per heavy atom. The van der Waals surface area contributed by atoms with Crippen LogP contribution in [0.2, 0.25) is 0 Å². The number of carbonyl (C=O) groups is 1. The zero-order valence-electron chi connectivity index (χ0n) is 12.7. The fourth-order valence-electron chi connectivity index (χ4n) is 2.46. The van der Waals surface area contributed by atoms with Gasteiger partial charge < -0.3 is 14.6 Å². The molecule has 0 saturated carbocycles. The SMILES string of the molecule is CN(C(=O)c1c(O)c2sccc2n(C)c1=O)c1ccc(F)cc1F. The van der Waals surface area contributed by atoms with Gasteiger partial charge in [-0.3, -0.25) is 9.59 Å². The van der Waals surface area contributed by atoms with Crippen LogP contribution in [-0.4, -0.2) is 22.6 Å². The Hall–Kier alpha value is -2.74. The van der Waals surface area contributed by atoms with Crippen molar-refractivity contribution in [1.29, 1.82) is 0 Å². The Labute approximate surface area is 139 Å². The van der Waals surface area contributed by atoms with E-state index in [1.165, 1.54) is 30.0 Å². The number of hydrogen-bond donors (Lipinski definition) is 1. The van der Waals surface area contributed by atoms with Gasteiger partial charge in [0.1, 0.15) is 17.2 Å². The molecule has 2 aromatic heterocycles. The van der Waals surface area contributed by atoms with Crippen molar-refractivity contribution in [3.8, 4) is 5.75 Å². The maximum Gasteiger partial charge on any atom is 0.267 e. The van der Waals surface area contributed by atoms with Crippen LogP contribution in [0.15, 0.2) is 34.4 Å². The van der Waals surface area contributed by atoms with Gasteiger partial charge in [0, 0.05) is 20.2 Å². The number of anilines is 1. The predicted molar refractivity (Wildman–Crippen MR) is 87.8 cm³/mol. The van der Waals surface area contributed by atoms with E-state index in [1.807, 2.05) is 0 Å². The van der Waals surface area contributed by atoms with Crippen LogP contribution in [0.4, 0.5) is 14.5 Å². The molecule has 0 aliphatic heterocycles. The predicted octanol–water partition coefficient (Wildman–Crippen LogP) is 2.86. The van der Waals surface area contributed by atoms with Crippen molar-refractivity contribution in [3.05, 3.63) is 57.2 Å². The van der Waals surface area contributed by atoms with E-state index in [-0.39, 0.29) is 5.69 Å². The lowest BCUT2D eigenvalue weighted by atomic mass is 10.2. The first-order valence-corrected chi connectivity index (χ1v) is 7.73. The summed E-state index contributed by atoms with van der Waals surface area (Å²) in [4.78, 5) is 25.9. The second kappa shape index (κ2) is 5.72. The molecular formula is C16H12F2N2O3S. The molecule has 0 atom stereocenters. The first-order chi connectivity index (χ1) is 11.3. The topological polar surface area (TPSA) is 62.5 Å². The average Bonchev–Trinajstić information content (AvgIpc) is 3.02. The quantitative estimate of drug-likeness (QED) is 0.773. The van der Waals surface area contributed by atoms with Crippen molar-refractivity contribution < 1.29 is 18.7 Å². The lowest BCUT2D eigenvalue weighted by Gasteiger charge is -2.19. The number of halogens is 2. The summed E-state index contributed by atoms with van der Waals surface area (Å²) in [5.74, 6) is -3.05. The Morgan fingerprint density at radius 1 is 1.29 bits per heavy atom. The molecule has 3 aromatic rings. The molecule has 0 bridgehead atoms. The molecular weight excluding hydrogens is 338 g/mol. The summed E-state index contributed by atoms with van der Waals surface area (Å²) >= 11 is 1.18. The van der Waals surface area contributed by atoms with Gasteiger partial charge >= 0.3 is 0 Å². The molecule has 1 aromatic carbocycles. The van der Waals surface area contributed by atoms with Gasteiger partial charge in [-0.25, -0.2) is 8.78 Å². The number of pyridine rings is 1. The van der Waals surface area contributed by atoms with E-state index < -0.39 is 34.4 Å². The molecule has 0 unspecified atom stereocenters. The Balaban J connectivity index is 2.16. The lowest BCUT2D eigenvalue weighted by Crippen LogP contribution is -2.34. The fraction of sp³-hybridized carbons (Fsp3) is 0.125. The number of aryl methyl sites for hydroxylation is 1. The van der Waals surface area contributed by atoms with Gasteiger partial charge in [-0.2, -0.15) is 0 Å². The molecule has 0 radical (unpaired) electrons. The molecule has 8 heteroatoms. The van der Waals surface area contributed by atoms with E-state index in [1.54, 1.807) is 11.4 Å². The highest BCUT2D eigenvalue weighted by Gasteiger charge is 2.26. The summed E-state index contributed by atoms with van der Waals surface area (Å²) in [6.45, 7) is 0. The monoisotopic (exact) mass is 350 g/mol. The third-order valence-electron chi connectivity index (χ3n) is 3.77. The minimum absolute atomic E-state index is 0.200. The van der Waals surface area contributed by atoms with Crippen molar-refractivity contribution in [2.24, 2.45) is 7.05 Å². The molecule has 24 heavy (non-hydrogen) atoms. The number of amides is 1. The summed E-state index contributed by atoms with van der Waals surface area (Å²) in [7, 11) is 2.72. The van der Waals surface area contributed by atoms with Crippen molar-refractivity contribution in [2.75, 3.05) is 11.9 Å². The molecule has 124 valence electrons. The van der Waals surface area contributed by atoms with Gasteiger partial charge in [-0.1, -0.05) is 0 Å². The van der Waals surface area contributed by atoms with Crippen LogP contribution in [0.3, 0.4) is 0 Å². The highest BCUT2D eigenvalue weighted by Crippen LogP contribution is 2.32. The Morgan fingerprint density at radius 2 is 2.00 bits per heavy atom. The van der Waals surface area contributed by atoms with Crippen LogP contribution in [0.5, 0.6) is 5.75 Å². The van der Waals surface area contributed by atoms with E-state index in [2.05, 4.69) is 0 Å². The molecule has 1 N–H and O–H groups in total. The molecule has 0 aliphatic carbocycles. The zero-order valence-corrected chi connectivity index (χ0v) is 13.5. The summed E-state index contributed by atoms with van der Waals surface area (Å²) in [6, 6.07) is 4.38. The third kappa shape index (κ3) is 2.35. The van der Waals surface area contributed by atoms with E-state index in [4.69, 9.17) is 0 Å². The Bertz CT molecular complexity index is 1030. The number of thiophene rings is 1. The third-order valence-corrected chi connectivity index (χ3v) is 4.68. The number of nitrogens with zero attached hydrogens (tertiary/aromatic N) is 2. The lowest BCUT2D eigenvalue weighted by molar-refractivity contribution is 0.0988. The number of benzene rings is 1. The molecule has 1 amide bonds. The number of aromatic hydroxyl groups is 1. The first-order valence-electron chi connectivity index (χ1n) is 6.85. The van der Waals surface area contributed by atoms with Gasteiger partial charge in [0.2, 0.25) is 0 Å². The van der Waals surface area contributed by atoms with Crippen LogP contribution < -0.4 is 10.5 Å². The van der Waals surface area contributed by atoms with Gasteiger partial charge in [-0.15, -0.1) is 11.3 Å². The normalized spacial score (nSPS) is 11.0. The van der Waals surface area contributed by atoms with Crippen molar-refractivity contribution in [1.82, 2.24) is 4.57 Å². The van der Waals surface area contributed by atoms with Gasteiger partial charge in [0.25, 0.3) is 11.5 Å². The van der Waals surface area contributed by atoms with E-state index in [0.29, 0.717) is 16.3 Å². The van der Waals surface area contributed by atoms with Gasteiger partial charge in [0.15, 0.2) is 5.75 Å². The average molecular weight is 350 g/mol. The molecule has 0 aliphatic rings. The smallest absolute Gasteiger partial charge is 0.267 e. The van der Waals surface area contributed by atoms with Crippen LogP contribution in [0, 0.1) is 11.6 Å². The second-order valence-corrected chi connectivity index (χ2v) is 6.10. The van der Waals surface area contributed by atoms with Crippen LogP contribution in [-0.2, 0) is 7.05 Å². The number of hydrogen-bond acceptors (Lipinski definition) is 4. The molecule has 0 fully saturated rings. The number of fused-ring (bicyclic) bond motifs is 1. The standard InChI is InChI=1S/C16H12F2N2O3S/c1-19(10-4-3-8(17)7-9(10)18)15(22)12-13(21)14-11(5-6-24-14)20(2)16(12)23/h3-7,21H,1-2H3. The molecule has 2 heterocycles. The molecule has 0 spiro atoms. The summed E-state index contributed by atoms with van der Waals surface area (Å²) in [5.41, 5.74) is -0.861. The summed E-state index contributed by atoms with van der Waals surface area (Å²) < 4.78 is 28.5. The molecule has 0 saturated heterocycles. The van der Waals surface area contributed by atoms with Crippen LogP contribution >= 0.6 is 11.3 Å². The van der Waals surface area contributed by atoms with Gasteiger partial charge in [0.05, 0.1) is 15.9 Å².